The molecule has 1 aromatic rings. The van der Waals surface area contributed by atoms with E-state index in [1.54, 1.807) is 0 Å². The number of hydrogen-bond donors (Lipinski definition) is 1. The van der Waals surface area contributed by atoms with Crippen LogP contribution in [-0.4, -0.2) is 41.8 Å². The van der Waals surface area contributed by atoms with Gasteiger partial charge in [0.25, 0.3) is 0 Å². The molecule has 0 aliphatic carbocycles. The number of carbonyl (C=O) groups is 2. The van der Waals surface area contributed by atoms with Crippen LogP contribution in [0.25, 0.3) is 0 Å². The molecular weight excluding hydrogens is 320 g/mol. The number of benzene rings is 1. The summed E-state index contributed by atoms with van der Waals surface area (Å²) in [5.74, 6) is -0.0505. The average molecular weight is 345 g/mol. The zero-order valence-electron chi connectivity index (χ0n) is 14.7. The van der Waals surface area contributed by atoms with Gasteiger partial charge in [0.15, 0.2) is 0 Å². The lowest BCUT2D eigenvalue weighted by molar-refractivity contribution is -0.125. The van der Waals surface area contributed by atoms with Gasteiger partial charge in [-0.05, 0) is 30.7 Å². The minimum Gasteiger partial charge on any atom is -0.445 e. The van der Waals surface area contributed by atoms with Crippen molar-refractivity contribution in [2.75, 3.05) is 6.54 Å². The third kappa shape index (κ3) is 5.59. The molecule has 2 rings (SSSR count). The van der Waals surface area contributed by atoms with Gasteiger partial charge in [-0.3, -0.25) is 14.5 Å². The maximum Gasteiger partial charge on any atom is 0.410 e. The van der Waals surface area contributed by atoms with E-state index in [1.807, 2.05) is 50.5 Å². The summed E-state index contributed by atoms with van der Waals surface area (Å²) in [6, 6.07) is 8.15. The molecule has 1 heterocycles. The van der Waals surface area contributed by atoms with E-state index in [4.69, 9.17) is 4.74 Å². The molecule has 2 atom stereocenters. The molecular formula is C19H25N2O4. The second kappa shape index (κ2) is 9.20. The average Bonchev–Trinajstić information content (AvgIpc) is 3.09. The van der Waals surface area contributed by atoms with Gasteiger partial charge in [0.2, 0.25) is 12.2 Å². The smallest absolute Gasteiger partial charge is 0.410 e. The highest BCUT2D eigenvalue weighted by atomic mass is 16.6. The number of carbonyl (C=O) groups excluding carboxylic acids is 3. The van der Waals surface area contributed by atoms with E-state index in [0.29, 0.717) is 19.4 Å². The quantitative estimate of drug-likeness (QED) is 0.823. The van der Waals surface area contributed by atoms with Crippen molar-refractivity contribution in [2.24, 2.45) is 5.92 Å². The molecule has 6 heteroatoms. The Labute approximate surface area is 148 Å². The van der Waals surface area contributed by atoms with E-state index in [0.717, 1.165) is 12.0 Å². The van der Waals surface area contributed by atoms with E-state index in [1.165, 1.54) is 4.90 Å². The maximum absolute atomic E-state index is 12.4. The molecule has 1 fully saturated rings. The van der Waals surface area contributed by atoms with E-state index in [9.17, 15) is 14.4 Å². The van der Waals surface area contributed by atoms with Gasteiger partial charge in [-0.25, -0.2) is 4.79 Å². The molecule has 0 aromatic heterocycles. The minimum absolute atomic E-state index is 0.169. The molecule has 6 nitrogen and oxygen atoms in total. The maximum atomic E-state index is 12.4. The topological polar surface area (TPSA) is 75.7 Å². The van der Waals surface area contributed by atoms with Crippen LogP contribution in [0.5, 0.6) is 0 Å². The van der Waals surface area contributed by atoms with Crippen molar-refractivity contribution in [1.82, 2.24) is 10.2 Å². The molecule has 25 heavy (non-hydrogen) atoms. The van der Waals surface area contributed by atoms with Crippen LogP contribution >= 0.6 is 0 Å². The molecule has 1 N–H and O–H groups in total. The molecule has 1 radical (unpaired) electrons. The Morgan fingerprint density at radius 3 is 2.68 bits per heavy atom. The molecule has 1 aliphatic heterocycles. The standard InChI is InChI=1S/C19H25N2O4/c1-14(2)11-16(12-22)20-18(23)17-9-6-10-21(17)19(24)25-13-15-7-4-3-5-8-15/h3-5,7-8,14,16-17H,6,9-11,13H2,1-2H3,(H,20,23)/t16-,17+/m1/s1. The summed E-state index contributed by atoms with van der Waals surface area (Å²) in [4.78, 5) is 37.2. The number of ether oxygens (including phenoxy) is 1. The number of hydrogen-bond acceptors (Lipinski definition) is 4. The molecule has 1 saturated heterocycles. The molecule has 2 amide bonds. The third-order valence-electron chi connectivity index (χ3n) is 4.16. The Morgan fingerprint density at radius 2 is 2.04 bits per heavy atom. The summed E-state index contributed by atoms with van der Waals surface area (Å²) in [5, 5.41) is 2.69. The van der Waals surface area contributed by atoms with Gasteiger partial charge in [0.1, 0.15) is 12.6 Å². The highest BCUT2D eigenvalue weighted by Crippen LogP contribution is 2.19. The van der Waals surface area contributed by atoms with Crippen molar-refractivity contribution in [3.63, 3.8) is 0 Å². The van der Waals surface area contributed by atoms with Gasteiger partial charge in [0, 0.05) is 6.54 Å². The monoisotopic (exact) mass is 345 g/mol. The lowest BCUT2D eigenvalue weighted by atomic mass is 10.0. The SMILES string of the molecule is CC(C)C[C@H]([C]=O)NC(=O)[C@@H]1CCCN1C(=O)OCc1ccccc1. The third-order valence-corrected chi connectivity index (χ3v) is 4.16. The van der Waals surface area contributed by atoms with Crippen molar-refractivity contribution in [2.45, 2.75) is 51.8 Å². The molecule has 0 bridgehead atoms. The fraction of sp³-hybridized carbons (Fsp3) is 0.526. The first-order valence-electron chi connectivity index (χ1n) is 8.66. The number of nitrogens with one attached hydrogen (secondary N) is 1. The molecule has 0 spiro atoms. The predicted molar refractivity (Wildman–Crippen MR) is 93.4 cm³/mol. The second-order valence-electron chi connectivity index (χ2n) is 6.70. The van der Waals surface area contributed by atoms with Crippen molar-refractivity contribution in [3.8, 4) is 0 Å². The molecule has 1 aromatic carbocycles. The Hall–Kier alpha value is -2.37. The van der Waals surface area contributed by atoms with Crippen LogP contribution in [0.1, 0.15) is 38.7 Å². The first-order valence-corrected chi connectivity index (χ1v) is 8.66. The fourth-order valence-corrected chi connectivity index (χ4v) is 2.94. The highest BCUT2D eigenvalue weighted by Gasteiger charge is 2.36. The fourth-order valence-electron chi connectivity index (χ4n) is 2.94. The van der Waals surface area contributed by atoms with Gasteiger partial charge in [-0.2, -0.15) is 0 Å². The summed E-state index contributed by atoms with van der Waals surface area (Å²) in [6.45, 7) is 4.59. The van der Waals surface area contributed by atoms with Crippen molar-refractivity contribution < 1.29 is 19.1 Å². The van der Waals surface area contributed by atoms with Gasteiger partial charge in [-0.15, -0.1) is 0 Å². The highest BCUT2D eigenvalue weighted by molar-refractivity contribution is 5.88. The summed E-state index contributed by atoms with van der Waals surface area (Å²) in [7, 11) is 0. The number of nitrogens with zero attached hydrogens (tertiary/aromatic N) is 1. The van der Waals surface area contributed by atoms with Gasteiger partial charge < -0.3 is 10.1 Å². The van der Waals surface area contributed by atoms with Crippen LogP contribution in [0, 0.1) is 5.92 Å². The van der Waals surface area contributed by atoms with Crippen LogP contribution in [0.2, 0.25) is 0 Å². The Kier molecular flexibility index (Phi) is 6.98. The van der Waals surface area contributed by atoms with Crippen LogP contribution in [0.3, 0.4) is 0 Å². The van der Waals surface area contributed by atoms with Crippen molar-refractivity contribution in [3.05, 3.63) is 35.9 Å². The van der Waals surface area contributed by atoms with E-state index >= 15 is 0 Å². The summed E-state index contributed by atoms with van der Waals surface area (Å²) in [6.07, 6.45) is 3.19. The predicted octanol–water partition coefficient (Wildman–Crippen LogP) is 2.43. The Bertz CT molecular complexity index is 588. The number of likely N-dealkylation sites (tertiary alicyclic amines) is 1. The zero-order valence-corrected chi connectivity index (χ0v) is 14.7. The van der Waals surface area contributed by atoms with Crippen molar-refractivity contribution >= 4 is 18.3 Å². The zero-order chi connectivity index (χ0) is 18.2. The largest absolute Gasteiger partial charge is 0.445 e. The van der Waals surface area contributed by atoms with Crippen LogP contribution in [-0.2, 0) is 20.9 Å². The number of amides is 2. The Morgan fingerprint density at radius 1 is 1.32 bits per heavy atom. The van der Waals surface area contributed by atoms with Gasteiger partial charge >= 0.3 is 6.09 Å². The van der Waals surface area contributed by atoms with Crippen LogP contribution < -0.4 is 5.32 Å². The van der Waals surface area contributed by atoms with Gasteiger partial charge in [-0.1, -0.05) is 44.2 Å². The molecule has 0 unspecified atom stereocenters. The summed E-state index contributed by atoms with van der Waals surface area (Å²) >= 11 is 0. The van der Waals surface area contributed by atoms with E-state index in [2.05, 4.69) is 5.32 Å². The number of rotatable bonds is 7. The minimum atomic E-state index is -0.643. The van der Waals surface area contributed by atoms with Crippen molar-refractivity contribution in [1.29, 1.82) is 0 Å². The van der Waals surface area contributed by atoms with E-state index < -0.39 is 18.2 Å². The second-order valence-corrected chi connectivity index (χ2v) is 6.70. The van der Waals surface area contributed by atoms with Crippen LogP contribution in [0.4, 0.5) is 4.79 Å². The molecule has 0 saturated carbocycles. The normalized spacial score (nSPS) is 18.0. The summed E-state index contributed by atoms with van der Waals surface area (Å²) in [5.41, 5.74) is 0.892. The first kappa shape index (κ1) is 19.0. The summed E-state index contributed by atoms with van der Waals surface area (Å²) < 4.78 is 5.32. The van der Waals surface area contributed by atoms with Gasteiger partial charge in [0.05, 0.1) is 6.04 Å². The molecule has 1 aliphatic rings. The lowest BCUT2D eigenvalue weighted by Crippen LogP contribution is -2.49. The lowest BCUT2D eigenvalue weighted by Gasteiger charge is -2.25. The molecule has 135 valence electrons. The van der Waals surface area contributed by atoms with Crippen LogP contribution in [0.15, 0.2) is 30.3 Å². The van der Waals surface area contributed by atoms with E-state index in [-0.39, 0.29) is 18.4 Å². The Balaban J connectivity index is 1.90. The first-order chi connectivity index (χ1) is 12.0.